The number of para-hydroxylation sites is 1. The monoisotopic (exact) mass is 307 g/mol. The van der Waals surface area contributed by atoms with Crippen LogP contribution in [0.4, 0.5) is 5.69 Å². The molecule has 0 aliphatic carbocycles. The summed E-state index contributed by atoms with van der Waals surface area (Å²) in [6.07, 6.45) is 1.69. The molecule has 0 saturated carbocycles. The maximum Gasteiger partial charge on any atom is 0.147 e. The van der Waals surface area contributed by atoms with Crippen LogP contribution in [-0.2, 0) is 0 Å². The Kier molecular flexibility index (Phi) is 3.94. The van der Waals surface area contributed by atoms with Gasteiger partial charge >= 0.3 is 0 Å². The van der Waals surface area contributed by atoms with E-state index in [2.05, 4.69) is 0 Å². The van der Waals surface area contributed by atoms with Gasteiger partial charge in [0.05, 0.1) is 15.8 Å². The minimum absolute atomic E-state index is 0.435. The summed E-state index contributed by atoms with van der Waals surface area (Å²) in [6, 6.07) is 7.68. The van der Waals surface area contributed by atoms with E-state index < -0.39 is 4.84 Å². The van der Waals surface area contributed by atoms with Crippen molar-refractivity contribution in [3.8, 4) is 0 Å². The van der Waals surface area contributed by atoms with E-state index in [9.17, 15) is 0 Å². The van der Waals surface area contributed by atoms with Gasteiger partial charge in [0.1, 0.15) is 4.84 Å². The molecular formula is C12H9Cl4N. The van der Waals surface area contributed by atoms with Crippen LogP contribution < -0.4 is 4.90 Å². The van der Waals surface area contributed by atoms with E-state index in [0.29, 0.717) is 15.8 Å². The van der Waals surface area contributed by atoms with Crippen LogP contribution in [0.15, 0.2) is 41.1 Å². The van der Waals surface area contributed by atoms with E-state index in [1.165, 1.54) is 0 Å². The second-order valence-electron chi connectivity index (χ2n) is 3.61. The van der Waals surface area contributed by atoms with Crippen molar-refractivity contribution >= 4 is 57.1 Å². The number of fused-ring (bicyclic) bond motifs is 1. The fraction of sp³-hybridized carbons (Fsp3) is 0.167. The van der Waals surface area contributed by atoms with Crippen molar-refractivity contribution in [3.63, 3.8) is 0 Å². The van der Waals surface area contributed by atoms with Crippen molar-refractivity contribution in [1.29, 1.82) is 0 Å². The molecule has 0 saturated heterocycles. The maximum atomic E-state index is 6.23. The van der Waals surface area contributed by atoms with E-state index >= 15 is 0 Å². The molecule has 0 spiro atoms. The number of hydrogen-bond acceptors (Lipinski definition) is 1. The molecular weight excluding hydrogens is 300 g/mol. The molecule has 0 radical (unpaired) electrons. The Hall–Kier alpha value is -0.340. The molecule has 2 rings (SSSR count). The minimum Gasteiger partial charge on any atom is -0.345 e. The van der Waals surface area contributed by atoms with Gasteiger partial charge in [-0.05, 0) is 12.1 Å². The second-order valence-corrected chi connectivity index (χ2v) is 5.49. The average Bonchev–Trinajstić information content (AvgIpc) is 2.41. The molecule has 5 heteroatoms. The Morgan fingerprint density at radius 1 is 1.12 bits per heavy atom. The average molecular weight is 309 g/mol. The number of benzene rings is 1. The molecule has 0 bridgehead atoms. The fourth-order valence-electron chi connectivity index (χ4n) is 1.72. The van der Waals surface area contributed by atoms with Crippen LogP contribution >= 0.6 is 46.4 Å². The van der Waals surface area contributed by atoms with Gasteiger partial charge in [-0.3, -0.25) is 0 Å². The van der Waals surface area contributed by atoms with E-state index in [0.717, 1.165) is 11.3 Å². The second kappa shape index (κ2) is 5.11. The summed E-state index contributed by atoms with van der Waals surface area (Å²) >= 11 is 24.2. The quantitative estimate of drug-likeness (QED) is 0.662. The number of anilines is 1. The van der Waals surface area contributed by atoms with Crippen LogP contribution in [0.3, 0.4) is 0 Å². The molecule has 1 aliphatic heterocycles. The predicted molar refractivity (Wildman–Crippen MR) is 77.0 cm³/mol. The zero-order valence-corrected chi connectivity index (χ0v) is 11.9. The van der Waals surface area contributed by atoms with Crippen LogP contribution in [0.1, 0.15) is 5.56 Å². The lowest BCUT2D eigenvalue weighted by molar-refractivity contribution is 1.07. The largest absolute Gasteiger partial charge is 0.345 e. The molecule has 90 valence electrons. The first-order valence-electron chi connectivity index (χ1n) is 4.90. The van der Waals surface area contributed by atoms with Gasteiger partial charge in [0.2, 0.25) is 0 Å². The lowest BCUT2D eigenvalue weighted by Crippen LogP contribution is -2.21. The smallest absolute Gasteiger partial charge is 0.147 e. The highest BCUT2D eigenvalue weighted by Gasteiger charge is 2.22. The highest BCUT2D eigenvalue weighted by molar-refractivity contribution is 6.56. The summed E-state index contributed by atoms with van der Waals surface area (Å²) in [5, 5.41) is 0.933. The summed E-state index contributed by atoms with van der Waals surface area (Å²) < 4.78 is 0. The first-order chi connectivity index (χ1) is 8.02. The topological polar surface area (TPSA) is 3.24 Å². The lowest BCUT2D eigenvalue weighted by atomic mass is 10.1. The lowest BCUT2D eigenvalue weighted by Gasteiger charge is -2.24. The van der Waals surface area contributed by atoms with E-state index in [-0.39, 0.29) is 0 Å². The van der Waals surface area contributed by atoms with Crippen molar-refractivity contribution in [2.45, 2.75) is 4.84 Å². The number of rotatable bonds is 1. The Morgan fingerprint density at radius 2 is 1.76 bits per heavy atom. The highest BCUT2D eigenvalue weighted by atomic mass is 35.5. The predicted octanol–water partition coefficient (Wildman–Crippen LogP) is 4.97. The Morgan fingerprint density at radius 3 is 2.41 bits per heavy atom. The number of alkyl halides is 2. The zero-order valence-electron chi connectivity index (χ0n) is 8.92. The van der Waals surface area contributed by atoms with Crippen molar-refractivity contribution in [1.82, 2.24) is 0 Å². The number of allylic oxidation sites excluding steroid dienone is 3. The number of nitrogens with zero attached hydrogens (tertiary/aromatic N) is 1. The normalized spacial score (nSPS) is 15.9. The van der Waals surface area contributed by atoms with Crippen LogP contribution in [0.5, 0.6) is 0 Å². The van der Waals surface area contributed by atoms with E-state index in [1.54, 1.807) is 6.08 Å². The summed E-state index contributed by atoms with van der Waals surface area (Å²) in [5.41, 5.74) is 2.48. The maximum absolute atomic E-state index is 6.23. The Labute approximate surface area is 120 Å². The van der Waals surface area contributed by atoms with Crippen LogP contribution in [0, 0.1) is 0 Å². The molecule has 0 unspecified atom stereocenters. The van der Waals surface area contributed by atoms with E-state index in [1.807, 2.05) is 36.2 Å². The molecule has 0 atom stereocenters. The third kappa shape index (κ3) is 2.43. The van der Waals surface area contributed by atoms with Crippen LogP contribution in [0.25, 0.3) is 5.03 Å². The Bertz CT molecular complexity index is 505. The van der Waals surface area contributed by atoms with Gasteiger partial charge in [0.15, 0.2) is 0 Å². The molecule has 1 aromatic carbocycles. The van der Waals surface area contributed by atoms with Crippen molar-refractivity contribution in [3.05, 3.63) is 46.6 Å². The molecule has 1 heterocycles. The Balaban J connectivity index is 2.67. The summed E-state index contributed by atoms with van der Waals surface area (Å²) in [4.78, 5) is 1.22. The third-order valence-electron chi connectivity index (χ3n) is 2.60. The first-order valence-corrected chi connectivity index (χ1v) is 6.53. The van der Waals surface area contributed by atoms with Crippen LogP contribution in [0.2, 0.25) is 0 Å². The first kappa shape index (κ1) is 13.1. The van der Waals surface area contributed by atoms with Crippen molar-refractivity contribution < 1.29 is 0 Å². The third-order valence-corrected chi connectivity index (χ3v) is 3.85. The molecule has 0 fully saturated rings. The summed E-state index contributed by atoms with van der Waals surface area (Å²) in [5.74, 6) is 0. The summed E-state index contributed by atoms with van der Waals surface area (Å²) in [7, 11) is 1.88. The standard InChI is InChI=1S/C12H9Cl4N/c1-17-9-5-3-2-4-7(9)11(14)8(13)6-10(17)12(15)16/h2-6,12H,1H3. The highest BCUT2D eigenvalue weighted by Crippen LogP contribution is 2.39. The molecule has 17 heavy (non-hydrogen) atoms. The molecule has 1 aromatic rings. The van der Waals surface area contributed by atoms with Gasteiger partial charge in [-0.1, -0.05) is 64.6 Å². The fourth-order valence-corrected chi connectivity index (χ4v) is 2.57. The van der Waals surface area contributed by atoms with Crippen molar-refractivity contribution in [2.24, 2.45) is 0 Å². The van der Waals surface area contributed by atoms with Gasteiger partial charge in [-0.25, -0.2) is 0 Å². The van der Waals surface area contributed by atoms with Gasteiger partial charge in [0, 0.05) is 18.3 Å². The molecule has 1 nitrogen and oxygen atoms in total. The molecule has 1 aliphatic rings. The zero-order chi connectivity index (χ0) is 12.6. The molecule has 0 aromatic heterocycles. The van der Waals surface area contributed by atoms with E-state index in [4.69, 9.17) is 46.4 Å². The van der Waals surface area contributed by atoms with Gasteiger partial charge < -0.3 is 4.90 Å². The van der Waals surface area contributed by atoms with Crippen LogP contribution in [-0.4, -0.2) is 11.9 Å². The van der Waals surface area contributed by atoms with Gasteiger partial charge in [-0.15, -0.1) is 0 Å². The molecule has 0 N–H and O–H groups in total. The molecule has 0 amide bonds. The van der Waals surface area contributed by atoms with Gasteiger partial charge in [-0.2, -0.15) is 0 Å². The number of hydrogen-bond donors (Lipinski definition) is 0. The summed E-state index contributed by atoms with van der Waals surface area (Å²) in [6.45, 7) is 0. The number of halogens is 4. The van der Waals surface area contributed by atoms with Gasteiger partial charge in [0.25, 0.3) is 0 Å². The minimum atomic E-state index is -0.663. The SMILES string of the molecule is CN1C(C(Cl)Cl)=CC(Cl)=C(Cl)c2ccccc21. The van der Waals surface area contributed by atoms with Crippen molar-refractivity contribution in [2.75, 3.05) is 11.9 Å².